The number of hydrogen-bond acceptors (Lipinski definition) is 1. The van der Waals surface area contributed by atoms with E-state index >= 15 is 0 Å². The molecule has 1 nitrogen and oxygen atoms in total. The molecule has 10 aromatic rings. The number of nitrogens with zero attached hydrogens (tertiary/aromatic N) is 1. The van der Waals surface area contributed by atoms with Crippen LogP contribution in [0.5, 0.6) is 0 Å². The van der Waals surface area contributed by atoms with Gasteiger partial charge in [-0.1, -0.05) is 140 Å². The van der Waals surface area contributed by atoms with Crippen LogP contribution in [0.4, 0.5) is 0 Å². The number of aromatic nitrogens is 1. The van der Waals surface area contributed by atoms with Crippen molar-refractivity contribution in [2.24, 2.45) is 0 Å². The normalized spacial score (nSPS) is 14.1. The first-order chi connectivity index (χ1) is 26.3. The lowest BCUT2D eigenvalue weighted by atomic mass is 9.84. The van der Waals surface area contributed by atoms with Crippen molar-refractivity contribution in [2.75, 3.05) is 0 Å². The molecule has 0 fully saturated rings. The highest BCUT2D eigenvalue weighted by Crippen LogP contribution is 2.47. The Kier molecular flexibility index (Phi) is 6.99. The largest absolute Gasteiger partial charge is 0.309 e. The van der Waals surface area contributed by atoms with Gasteiger partial charge in [0.2, 0.25) is 0 Å². The minimum atomic E-state index is 0.278. The van der Waals surface area contributed by atoms with Crippen LogP contribution in [0.1, 0.15) is 29.0 Å². The summed E-state index contributed by atoms with van der Waals surface area (Å²) in [6.45, 7) is 0. The van der Waals surface area contributed by atoms with Gasteiger partial charge in [-0.05, 0) is 105 Å². The van der Waals surface area contributed by atoms with Crippen LogP contribution in [-0.2, 0) is 6.42 Å². The van der Waals surface area contributed by atoms with Gasteiger partial charge >= 0.3 is 0 Å². The van der Waals surface area contributed by atoms with Crippen LogP contribution in [0.25, 0.3) is 81.0 Å². The van der Waals surface area contributed by atoms with Crippen molar-refractivity contribution in [1.82, 2.24) is 4.57 Å². The molecule has 0 radical (unpaired) electrons. The molecule has 0 bridgehead atoms. The predicted octanol–water partition coefficient (Wildman–Crippen LogP) is 14.2. The Balaban J connectivity index is 1.07. The Bertz CT molecular complexity index is 3000. The van der Waals surface area contributed by atoms with E-state index in [1.165, 1.54) is 97.7 Å². The Hall–Kier alpha value is -6.22. The number of para-hydroxylation sites is 2. The highest BCUT2D eigenvalue weighted by molar-refractivity contribution is 7.26. The Morgan fingerprint density at radius 2 is 1.19 bits per heavy atom. The average Bonchev–Trinajstić information content (AvgIpc) is 3.72. The Morgan fingerprint density at radius 3 is 2.08 bits per heavy atom. The molecule has 1 aliphatic rings. The summed E-state index contributed by atoms with van der Waals surface area (Å²) in [6.07, 6.45) is 2.06. The standard InChI is InChI=1S/C51H35NS/c1-3-14-33(15-4-1)45-31-36(32-46-43-20-10-12-25-49(43)53-51(45)46)39-29-26-34-30-35(27-28-38(34)41-18-7-8-19-42(39)41)40-22-13-24-48-50(40)44-21-9-11-23-47(44)52(48)37-16-5-2-6-17-37/h1-25,27-28,30-32,39H,26,29H2. The van der Waals surface area contributed by atoms with E-state index in [0.29, 0.717) is 0 Å². The number of fused-ring (bicyclic) bond motifs is 9. The van der Waals surface area contributed by atoms with Crippen molar-refractivity contribution < 1.29 is 0 Å². The van der Waals surface area contributed by atoms with E-state index in [4.69, 9.17) is 0 Å². The third-order valence-electron chi connectivity index (χ3n) is 11.4. The summed E-state index contributed by atoms with van der Waals surface area (Å²) in [5.74, 6) is 0.278. The van der Waals surface area contributed by atoms with Crippen molar-refractivity contribution in [3.8, 4) is 39.1 Å². The molecule has 0 saturated heterocycles. The fourth-order valence-electron chi connectivity index (χ4n) is 9.08. The molecule has 250 valence electrons. The van der Waals surface area contributed by atoms with Gasteiger partial charge in [-0.25, -0.2) is 0 Å². The van der Waals surface area contributed by atoms with E-state index in [2.05, 4.69) is 187 Å². The van der Waals surface area contributed by atoms with Crippen molar-refractivity contribution >= 4 is 53.3 Å². The molecule has 2 heteroatoms. The average molecular weight is 694 g/mol. The molecule has 0 N–H and O–H groups in total. The zero-order chi connectivity index (χ0) is 34.9. The molecule has 1 unspecified atom stereocenters. The second kappa shape index (κ2) is 12.2. The third kappa shape index (κ3) is 4.83. The van der Waals surface area contributed by atoms with E-state index in [1.54, 1.807) is 0 Å². The number of rotatable bonds is 4. The lowest BCUT2D eigenvalue weighted by Gasteiger charge is -2.20. The molecule has 11 rings (SSSR count). The maximum Gasteiger partial charge on any atom is 0.0547 e. The summed E-state index contributed by atoms with van der Waals surface area (Å²) < 4.78 is 5.13. The fraction of sp³-hybridized carbons (Fsp3) is 0.0588. The molecular formula is C51H35NS. The van der Waals surface area contributed by atoms with Gasteiger partial charge in [0.15, 0.2) is 0 Å². The number of benzene rings is 8. The van der Waals surface area contributed by atoms with Crippen molar-refractivity contribution in [1.29, 1.82) is 0 Å². The molecule has 8 aromatic carbocycles. The minimum Gasteiger partial charge on any atom is -0.309 e. The van der Waals surface area contributed by atoms with Gasteiger partial charge in [0, 0.05) is 42.6 Å². The van der Waals surface area contributed by atoms with Gasteiger partial charge in [-0.2, -0.15) is 0 Å². The third-order valence-corrected chi connectivity index (χ3v) is 12.7. The van der Waals surface area contributed by atoms with Gasteiger partial charge in [0.1, 0.15) is 0 Å². The maximum atomic E-state index is 2.51. The van der Waals surface area contributed by atoms with Crippen LogP contribution in [0, 0.1) is 0 Å². The zero-order valence-corrected chi connectivity index (χ0v) is 30.0. The van der Waals surface area contributed by atoms with Crippen LogP contribution < -0.4 is 0 Å². The molecule has 53 heavy (non-hydrogen) atoms. The molecule has 0 saturated carbocycles. The van der Waals surface area contributed by atoms with Gasteiger partial charge in [0.25, 0.3) is 0 Å². The Labute approximate surface area is 313 Å². The van der Waals surface area contributed by atoms with Gasteiger partial charge in [0.05, 0.1) is 11.0 Å². The molecule has 2 heterocycles. The lowest BCUT2D eigenvalue weighted by molar-refractivity contribution is 0.727. The first kappa shape index (κ1) is 30.4. The van der Waals surface area contributed by atoms with Crippen molar-refractivity contribution in [2.45, 2.75) is 18.8 Å². The van der Waals surface area contributed by atoms with Crippen LogP contribution >= 0.6 is 11.3 Å². The molecule has 1 atom stereocenters. The molecule has 0 spiro atoms. The second-order valence-corrected chi connectivity index (χ2v) is 15.4. The van der Waals surface area contributed by atoms with E-state index in [1.807, 2.05) is 11.3 Å². The summed E-state index contributed by atoms with van der Waals surface area (Å²) in [4.78, 5) is 0. The van der Waals surface area contributed by atoms with Gasteiger partial charge in [-0.3, -0.25) is 0 Å². The molecular weight excluding hydrogens is 659 g/mol. The van der Waals surface area contributed by atoms with E-state index in [0.717, 1.165) is 12.8 Å². The second-order valence-electron chi connectivity index (χ2n) is 14.3. The van der Waals surface area contributed by atoms with E-state index in [9.17, 15) is 0 Å². The maximum absolute atomic E-state index is 2.51. The highest BCUT2D eigenvalue weighted by Gasteiger charge is 2.26. The number of aryl methyl sites for hydroxylation is 1. The minimum absolute atomic E-state index is 0.278. The summed E-state index contributed by atoms with van der Waals surface area (Å²) in [7, 11) is 0. The van der Waals surface area contributed by atoms with Crippen molar-refractivity contribution in [3.05, 3.63) is 199 Å². The monoisotopic (exact) mass is 693 g/mol. The lowest BCUT2D eigenvalue weighted by Crippen LogP contribution is -2.02. The quantitative estimate of drug-likeness (QED) is 0.173. The Morgan fingerprint density at radius 1 is 0.472 bits per heavy atom. The van der Waals surface area contributed by atoms with Crippen molar-refractivity contribution in [3.63, 3.8) is 0 Å². The summed E-state index contributed by atoms with van der Waals surface area (Å²) in [5, 5.41) is 5.31. The smallest absolute Gasteiger partial charge is 0.0547 e. The topological polar surface area (TPSA) is 4.93 Å². The van der Waals surface area contributed by atoms with Crippen LogP contribution in [0.3, 0.4) is 0 Å². The van der Waals surface area contributed by atoms with Crippen LogP contribution in [0.2, 0.25) is 0 Å². The van der Waals surface area contributed by atoms with Gasteiger partial charge < -0.3 is 4.57 Å². The fourth-order valence-corrected chi connectivity index (χ4v) is 10.3. The molecule has 0 aliphatic heterocycles. The van der Waals surface area contributed by atoms with E-state index in [-0.39, 0.29) is 5.92 Å². The SMILES string of the molecule is c1ccc(-c2cc(C3CCc4cc(-c5cccc6c5c5ccccc5n6-c5ccccc5)ccc4-c4ccccc43)cc3c2sc2ccccc23)cc1. The summed E-state index contributed by atoms with van der Waals surface area (Å²) in [5.41, 5.74) is 15.8. The summed E-state index contributed by atoms with van der Waals surface area (Å²) in [6, 6.07) is 67.7. The predicted molar refractivity (Wildman–Crippen MR) is 227 cm³/mol. The zero-order valence-electron chi connectivity index (χ0n) is 29.2. The number of thiophene rings is 1. The molecule has 2 aromatic heterocycles. The van der Waals surface area contributed by atoms with Crippen LogP contribution in [0.15, 0.2) is 182 Å². The summed E-state index contributed by atoms with van der Waals surface area (Å²) >= 11 is 1.92. The molecule has 0 amide bonds. The first-order valence-corrected chi connectivity index (χ1v) is 19.4. The van der Waals surface area contributed by atoms with E-state index < -0.39 is 0 Å². The highest BCUT2D eigenvalue weighted by atomic mass is 32.1. The number of hydrogen-bond donors (Lipinski definition) is 0. The molecule has 1 aliphatic carbocycles. The van der Waals surface area contributed by atoms with Crippen LogP contribution in [-0.4, -0.2) is 4.57 Å². The van der Waals surface area contributed by atoms with Gasteiger partial charge in [-0.15, -0.1) is 11.3 Å². The first-order valence-electron chi connectivity index (χ1n) is 18.6.